The monoisotopic (exact) mass is 358 g/mol. The van der Waals surface area contributed by atoms with Gasteiger partial charge >= 0.3 is 0 Å². The number of hydrogen-bond acceptors (Lipinski definition) is 6. The molecule has 0 radical (unpaired) electrons. The molecule has 0 aromatic carbocycles. The first kappa shape index (κ1) is 16.9. The van der Waals surface area contributed by atoms with Crippen LogP contribution >= 0.6 is 11.3 Å². The summed E-state index contributed by atoms with van der Waals surface area (Å²) in [6.07, 6.45) is 4.60. The van der Waals surface area contributed by atoms with Crippen LogP contribution in [0.3, 0.4) is 0 Å². The molecule has 1 aliphatic carbocycles. The molecule has 1 saturated carbocycles. The molecule has 0 bridgehead atoms. The van der Waals surface area contributed by atoms with Crippen molar-refractivity contribution in [2.45, 2.75) is 44.8 Å². The van der Waals surface area contributed by atoms with E-state index < -0.39 is 0 Å². The van der Waals surface area contributed by atoms with Gasteiger partial charge in [0.05, 0.1) is 17.8 Å². The number of nitrogens with zero attached hydrogens (tertiary/aromatic N) is 4. The second kappa shape index (κ2) is 7.40. The van der Waals surface area contributed by atoms with E-state index in [0.29, 0.717) is 11.9 Å². The van der Waals surface area contributed by atoms with E-state index in [2.05, 4.69) is 33.2 Å². The van der Waals surface area contributed by atoms with Crippen LogP contribution in [-0.2, 0) is 13.1 Å². The molecule has 1 saturated heterocycles. The van der Waals surface area contributed by atoms with Crippen molar-refractivity contribution < 1.29 is 4.74 Å². The van der Waals surface area contributed by atoms with Gasteiger partial charge in [0.25, 0.3) is 0 Å². The van der Waals surface area contributed by atoms with Crippen LogP contribution in [0.5, 0.6) is 5.88 Å². The van der Waals surface area contributed by atoms with Gasteiger partial charge in [0, 0.05) is 62.3 Å². The summed E-state index contributed by atoms with van der Waals surface area (Å²) in [5.41, 5.74) is 2.50. The van der Waals surface area contributed by atoms with E-state index in [4.69, 9.17) is 9.72 Å². The third kappa shape index (κ3) is 4.19. The summed E-state index contributed by atoms with van der Waals surface area (Å²) < 4.78 is 5.13. The molecule has 0 N–H and O–H groups in total. The maximum absolute atomic E-state index is 5.13. The number of piperazine rings is 1. The lowest BCUT2D eigenvalue weighted by molar-refractivity contribution is 0.0725. The van der Waals surface area contributed by atoms with E-state index in [1.807, 2.05) is 23.6 Å². The van der Waals surface area contributed by atoms with Crippen molar-refractivity contribution in [3.63, 3.8) is 0 Å². The number of methoxy groups -OCH3 is 1. The molecule has 2 aliphatic rings. The van der Waals surface area contributed by atoms with Crippen molar-refractivity contribution in [2.75, 3.05) is 26.7 Å². The first-order valence-corrected chi connectivity index (χ1v) is 9.99. The van der Waals surface area contributed by atoms with Crippen LogP contribution in [0.1, 0.15) is 41.9 Å². The Hall–Kier alpha value is -1.50. The molecule has 5 nitrogen and oxygen atoms in total. The molecule has 6 heteroatoms. The average Bonchev–Trinajstić information content (AvgIpc) is 3.38. The fourth-order valence-electron chi connectivity index (χ4n) is 3.45. The fourth-order valence-corrected chi connectivity index (χ4v) is 4.43. The van der Waals surface area contributed by atoms with E-state index in [-0.39, 0.29) is 0 Å². The van der Waals surface area contributed by atoms with Crippen LogP contribution in [0.2, 0.25) is 0 Å². The van der Waals surface area contributed by atoms with Gasteiger partial charge < -0.3 is 4.74 Å². The number of ether oxygens (including phenoxy) is 1. The zero-order valence-electron chi connectivity index (χ0n) is 15.0. The van der Waals surface area contributed by atoms with E-state index in [0.717, 1.165) is 38.6 Å². The summed E-state index contributed by atoms with van der Waals surface area (Å²) in [5.74, 6) is 1.45. The van der Waals surface area contributed by atoms with Crippen LogP contribution in [0.15, 0.2) is 23.7 Å². The van der Waals surface area contributed by atoms with Gasteiger partial charge in [-0.1, -0.05) is 6.07 Å². The Labute approximate surface area is 153 Å². The van der Waals surface area contributed by atoms with Crippen molar-refractivity contribution >= 4 is 11.3 Å². The van der Waals surface area contributed by atoms with Crippen LogP contribution < -0.4 is 4.74 Å². The van der Waals surface area contributed by atoms with Gasteiger partial charge in [0.2, 0.25) is 5.88 Å². The summed E-state index contributed by atoms with van der Waals surface area (Å²) in [5, 5.41) is 3.61. The molecule has 2 aromatic heterocycles. The van der Waals surface area contributed by atoms with Crippen molar-refractivity contribution in [1.82, 2.24) is 19.8 Å². The molecular formula is C19H26N4OS. The van der Waals surface area contributed by atoms with Crippen molar-refractivity contribution in [2.24, 2.45) is 0 Å². The van der Waals surface area contributed by atoms with E-state index in [1.165, 1.54) is 29.1 Å². The van der Waals surface area contributed by atoms with Gasteiger partial charge in [0.1, 0.15) is 0 Å². The topological polar surface area (TPSA) is 41.5 Å². The molecule has 2 aromatic rings. The SMILES string of the molecule is COc1ccc(CN2CCN(Cc3csc(C4CC4)n3)CC2C)cn1. The van der Waals surface area contributed by atoms with E-state index in [9.17, 15) is 0 Å². The molecule has 0 spiro atoms. The summed E-state index contributed by atoms with van der Waals surface area (Å²) in [6.45, 7) is 7.55. The highest BCUT2D eigenvalue weighted by molar-refractivity contribution is 7.09. The molecule has 25 heavy (non-hydrogen) atoms. The predicted octanol–water partition coefficient (Wildman–Crippen LogP) is 3.13. The van der Waals surface area contributed by atoms with Crippen molar-refractivity contribution in [3.05, 3.63) is 40.0 Å². The average molecular weight is 359 g/mol. The number of aromatic nitrogens is 2. The fraction of sp³-hybridized carbons (Fsp3) is 0.579. The lowest BCUT2D eigenvalue weighted by Crippen LogP contribution is -2.50. The standard InChI is InChI=1S/C19H26N4OS/c1-14-10-22(12-17-13-25-19(21-17)16-4-5-16)7-8-23(14)11-15-3-6-18(24-2)20-9-15/h3,6,9,13-14,16H,4-5,7-8,10-12H2,1-2H3. The summed E-state index contributed by atoms with van der Waals surface area (Å²) in [6, 6.07) is 4.59. The lowest BCUT2D eigenvalue weighted by Gasteiger charge is -2.39. The minimum absolute atomic E-state index is 0.539. The first-order chi connectivity index (χ1) is 12.2. The van der Waals surface area contributed by atoms with E-state index >= 15 is 0 Å². The van der Waals surface area contributed by atoms with Gasteiger partial charge in [-0.15, -0.1) is 11.3 Å². The van der Waals surface area contributed by atoms with Crippen LogP contribution in [0.4, 0.5) is 0 Å². The second-order valence-corrected chi connectivity index (χ2v) is 8.10. The molecule has 1 unspecified atom stereocenters. The smallest absolute Gasteiger partial charge is 0.212 e. The maximum Gasteiger partial charge on any atom is 0.212 e. The van der Waals surface area contributed by atoms with Crippen LogP contribution in [0.25, 0.3) is 0 Å². The Balaban J connectivity index is 1.30. The zero-order valence-corrected chi connectivity index (χ0v) is 15.8. The quantitative estimate of drug-likeness (QED) is 0.794. The molecule has 1 aliphatic heterocycles. The van der Waals surface area contributed by atoms with E-state index in [1.54, 1.807) is 7.11 Å². The highest BCUT2D eigenvalue weighted by atomic mass is 32.1. The minimum atomic E-state index is 0.539. The first-order valence-electron chi connectivity index (χ1n) is 9.11. The van der Waals surface area contributed by atoms with Gasteiger partial charge in [0.15, 0.2) is 0 Å². The third-order valence-electron chi connectivity index (χ3n) is 5.12. The number of pyridine rings is 1. The molecule has 3 heterocycles. The Bertz CT molecular complexity index is 698. The van der Waals surface area contributed by atoms with Crippen LogP contribution in [-0.4, -0.2) is 52.6 Å². The van der Waals surface area contributed by atoms with Crippen molar-refractivity contribution in [1.29, 1.82) is 0 Å². The Morgan fingerprint density at radius 3 is 2.80 bits per heavy atom. The largest absolute Gasteiger partial charge is 0.481 e. The number of rotatable bonds is 6. The minimum Gasteiger partial charge on any atom is -0.481 e. The maximum atomic E-state index is 5.13. The summed E-state index contributed by atoms with van der Waals surface area (Å²) >= 11 is 1.85. The highest BCUT2D eigenvalue weighted by Gasteiger charge is 2.28. The lowest BCUT2D eigenvalue weighted by atomic mass is 10.1. The molecule has 0 amide bonds. The molecule has 1 atom stereocenters. The van der Waals surface area contributed by atoms with Crippen molar-refractivity contribution in [3.8, 4) is 5.88 Å². The van der Waals surface area contributed by atoms with Crippen LogP contribution in [0, 0.1) is 0 Å². The molecule has 134 valence electrons. The normalized spacial score (nSPS) is 22.2. The second-order valence-electron chi connectivity index (χ2n) is 7.21. The molecule has 2 fully saturated rings. The van der Waals surface area contributed by atoms with Gasteiger partial charge in [-0.3, -0.25) is 9.80 Å². The molecule has 4 rings (SSSR count). The Kier molecular flexibility index (Phi) is 5.01. The zero-order chi connectivity index (χ0) is 17.2. The summed E-state index contributed by atoms with van der Waals surface area (Å²) in [7, 11) is 1.65. The number of thiazole rings is 1. The number of hydrogen-bond donors (Lipinski definition) is 0. The van der Waals surface area contributed by atoms with Gasteiger partial charge in [-0.25, -0.2) is 9.97 Å². The predicted molar refractivity (Wildman–Crippen MR) is 100 cm³/mol. The third-order valence-corrected chi connectivity index (χ3v) is 6.18. The summed E-state index contributed by atoms with van der Waals surface area (Å²) in [4.78, 5) is 14.2. The molecular weight excluding hydrogens is 332 g/mol. The Morgan fingerprint density at radius 1 is 1.24 bits per heavy atom. The van der Waals surface area contributed by atoms with Gasteiger partial charge in [-0.2, -0.15) is 0 Å². The Morgan fingerprint density at radius 2 is 2.12 bits per heavy atom. The van der Waals surface area contributed by atoms with Gasteiger partial charge in [-0.05, 0) is 25.3 Å². The highest BCUT2D eigenvalue weighted by Crippen LogP contribution is 2.41.